The van der Waals surface area contributed by atoms with Gasteiger partial charge in [-0.15, -0.1) is 0 Å². The summed E-state index contributed by atoms with van der Waals surface area (Å²) in [7, 11) is 0. The van der Waals surface area contributed by atoms with E-state index in [4.69, 9.17) is 5.73 Å². The quantitative estimate of drug-likeness (QED) is 0.773. The van der Waals surface area contributed by atoms with Crippen molar-refractivity contribution in [3.8, 4) is 0 Å². The van der Waals surface area contributed by atoms with Gasteiger partial charge in [0.15, 0.2) is 0 Å². The van der Waals surface area contributed by atoms with Crippen LogP contribution >= 0.6 is 0 Å². The van der Waals surface area contributed by atoms with E-state index in [-0.39, 0.29) is 0 Å². The average Bonchev–Trinajstić information content (AvgIpc) is 2.26. The molecule has 0 aliphatic carbocycles. The zero-order valence-corrected chi connectivity index (χ0v) is 9.11. The van der Waals surface area contributed by atoms with Crippen molar-refractivity contribution in [2.45, 2.75) is 19.9 Å². The van der Waals surface area contributed by atoms with Crippen molar-refractivity contribution in [1.82, 2.24) is 4.90 Å². The molecule has 0 saturated heterocycles. The van der Waals surface area contributed by atoms with Crippen LogP contribution in [-0.4, -0.2) is 24.5 Å². The van der Waals surface area contributed by atoms with Crippen LogP contribution in [0, 0.1) is 0 Å². The molecule has 1 rings (SSSR count). The Kier molecular flexibility index (Phi) is 4.63. The van der Waals surface area contributed by atoms with Crippen LogP contribution in [0.15, 0.2) is 30.3 Å². The predicted octanol–water partition coefficient (Wildman–Crippen LogP) is 2.03. The Labute approximate surface area is 86.7 Å². The highest BCUT2D eigenvalue weighted by molar-refractivity contribution is 5.18. The maximum absolute atomic E-state index is 5.58. The van der Waals surface area contributed by atoms with Crippen LogP contribution in [0.3, 0.4) is 0 Å². The summed E-state index contributed by atoms with van der Waals surface area (Å²) in [5.41, 5.74) is 6.94. The third-order valence-corrected chi connectivity index (χ3v) is 2.65. The number of hydrogen-bond acceptors (Lipinski definition) is 2. The molecular weight excluding hydrogens is 172 g/mol. The van der Waals surface area contributed by atoms with E-state index in [0.29, 0.717) is 6.04 Å². The van der Waals surface area contributed by atoms with Crippen molar-refractivity contribution in [1.29, 1.82) is 0 Å². The van der Waals surface area contributed by atoms with Crippen molar-refractivity contribution in [3.05, 3.63) is 35.9 Å². The Bertz CT molecular complexity index is 246. The van der Waals surface area contributed by atoms with Gasteiger partial charge in [0.25, 0.3) is 0 Å². The maximum atomic E-state index is 5.58. The number of likely N-dealkylation sites (N-methyl/N-ethyl adjacent to an activating group) is 1. The number of rotatable bonds is 5. The fourth-order valence-electron chi connectivity index (χ4n) is 1.73. The van der Waals surface area contributed by atoms with Crippen molar-refractivity contribution in [3.63, 3.8) is 0 Å². The van der Waals surface area contributed by atoms with Crippen molar-refractivity contribution >= 4 is 0 Å². The number of hydrogen-bond donors (Lipinski definition) is 1. The fraction of sp³-hybridized carbons (Fsp3) is 0.500. The molecule has 0 amide bonds. The summed E-state index contributed by atoms with van der Waals surface area (Å²) in [6, 6.07) is 11.0. The number of nitrogens with two attached hydrogens (primary N) is 1. The van der Waals surface area contributed by atoms with Crippen LogP contribution in [0.2, 0.25) is 0 Å². The lowest BCUT2D eigenvalue weighted by Gasteiger charge is -2.27. The van der Waals surface area contributed by atoms with Gasteiger partial charge < -0.3 is 5.73 Å². The Morgan fingerprint density at radius 3 is 2.43 bits per heavy atom. The second-order valence-corrected chi connectivity index (χ2v) is 3.50. The summed E-state index contributed by atoms with van der Waals surface area (Å²) in [4.78, 5) is 2.38. The summed E-state index contributed by atoms with van der Waals surface area (Å²) < 4.78 is 0. The minimum atomic E-state index is 0.463. The Morgan fingerprint density at radius 1 is 1.29 bits per heavy atom. The third-order valence-electron chi connectivity index (χ3n) is 2.65. The summed E-state index contributed by atoms with van der Waals surface area (Å²) in [5.74, 6) is 0. The largest absolute Gasteiger partial charge is 0.329 e. The van der Waals surface area contributed by atoms with E-state index in [1.807, 2.05) is 0 Å². The highest BCUT2D eigenvalue weighted by Crippen LogP contribution is 2.18. The number of benzene rings is 1. The first-order valence-electron chi connectivity index (χ1n) is 5.28. The second kappa shape index (κ2) is 5.78. The van der Waals surface area contributed by atoms with Crippen LogP contribution in [0.5, 0.6) is 0 Å². The smallest absolute Gasteiger partial charge is 0.0320 e. The molecule has 0 spiro atoms. The minimum absolute atomic E-state index is 0.463. The summed E-state index contributed by atoms with van der Waals surface area (Å²) in [5, 5.41) is 0. The van der Waals surface area contributed by atoms with Crippen molar-refractivity contribution < 1.29 is 0 Å². The molecule has 0 aromatic heterocycles. The summed E-state index contributed by atoms with van der Waals surface area (Å²) in [6.45, 7) is 7.15. The SMILES string of the molecule is CCN(CCN)[C@@H](C)c1ccccc1. The molecule has 0 aliphatic heterocycles. The third kappa shape index (κ3) is 2.82. The van der Waals surface area contributed by atoms with Gasteiger partial charge in [0, 0.05) is 19.1 Å². The van der Waals surface area contributed by atoms with Gasteiger partial charge in [-0.25, -0.2) is 0 Å². The molecule has 0 saturated carbocycles. The first-order valence-corrected chi connectivity index (χ1v) is 5.28. The van der Waals surface area contributed by atoms with Crippen LogP contribution in [-0.2, 0) is 0 Å². The molecular formula is C12H20N2. The monoisotopic (exact) mass is 192 g/mol. The molecule has 78 valence electrons. The van der Waals surface area contributed by atoms with E-state index in [1.165, 1.54) is 5.56 Å². The van der Waals surface area contributed by atoms with Gasteiger partial charge in [-0.3, -0.25) is 4.90 Å². The summed E-state index contributed by atoms with van der Waals surface area (Å²) in [6.07, 6.45) is 0. The van der Waals surface area contributed by atoms with Gasteiger partial charge >= 0.3 is 0 Å². The Morgan fingerprint density at radius 2 is 1.93 bits per heavy atom. The van der Waals surface area contributed by atoms with E-state index in [0.717, 1.165) is 19.6 Å². The zero-order chi connectivity index (χ0) is 10.4. The fourth-order valence-corrected chi connectivity index (χ4v) is 1.73. The maximum Gasteiger partial charge on any atom is 0.0320 e. The van der Waals surface area contributed by atoms with Crippen LogP contribution in [0.4, 0.5) is 0 Å². The van der Waals surface area contributed by atoms with Gasteiger partial charge in [0.1, 0.15) is 0 Å². The Balaban J connectivity index is 2.67. The lowest BCUT2D eigenvalue weighted by atomic mass is 10.1. The molecule has 0 unspecified atom stereocenters. The zero-order valence-electron chi connectivity index (χ0n) is 9.11. The van der Waals surface area contributed by atoms with E-state index in [2.05, 4.69) is 49.1 Å². The highest BCUT2D eigenvalue weighted by atomic mass is 15.1. The molecule has 2 N–H and O–H groups in total. The topological polar surface area (TPSA) is 29.3 Å². The summed E-state index contributed by atoms with van der Waals surface area (Å²) >= 11 is 0. The normalized spacial score (nSPS) is 13.1. The molecule has 0 bridgehead atoms. The van der Waals surface area contributed by atoms with Crippen molar-refractivity contribution in [2.24, 2.45) is 5.73 Å². The molecule has 1 aromatic carbocycles. The highest BCUT2D eigenvalue weighted by Gasteiger charge is 2.11. The second-order valence-electron chi connectivity index (χ2n) is 3.50. The molecule has 0 fully saturated rings. The molecule has 2 nitrogen and oxygen atoms in total. The molecule has 0 aliphatic rings. The van der Waals surface area contributed by atoms with Crippen molar-refractivity contribution in [2.75, 3.05) is 19.6 Å². The first-order chi connectivity index (χ1) is 6.79. The lowest BCUT2D eigenvalue weighted by Crippen LogP contribution is -2.31. The van der Waals surface area contributed by atoms with Crippen LogP contribution in [0.1, 0.15) is 25.5 Å². The number of nitrogens with zero attached hydrogens (tertiary/aromatic N) is 1. The molecule has 14 heavy (non-hydrogen) atoms. The van der Waals surface area contributed by atoms with Gasteiger partial charge in [-0.05, 0) is 19.0 Å². The predicted molar refractivity (Wildman–Crippen MR) is 61.2 cm³/mol. The van der Waals surface area contributed by atoms with Crippen LogP contribution < -0.4 is 5.73 Å². The lowest BCUT2D eigenvalue weighted by molar-refractivity contribution is 0.228. The van der Waals surface area contributed by atoms with Gasteiger partial charge in [-0.2, -0.15) is 0 Å². The van der Waals surface area contributed by atoms with E-state index >= 15 is 0 Å². The Hall–Kier alpha value is -0.860. The van der Waals surface area contributed by atoms with Gasteiger partial charge in [-0.1, -0.05) is 37.3 Å². The molecule has 1 aromatic rings. The van der Waals surface area contributed by atoms with E-state index in [9.17, 15) is 0 Å². The standard InChI is InChI=1S/C12H20N2/c1-3-14(10-9-13)11(2)12-7-5-4-6-8-12/h4-8,11H,3,9-10,13H2,1-2H3/t11-/m0/s1. The molecule has 0 radical (unpaired) electrons. The first kappa shape index (κ1) is 11.2. The molecule has 2 heteroatoms. The molecule has 0 heterocycles. The van der Waals surface area contributed by atoms with E-state index < -0.39 is 0 Å². The molecule has 1 atom stereocenters. The minimum Gasteiger partial charge on any atom is -0.329 e. The van der Waals surface area contributed by atoms with Gasteiger partial charge in [0.05, 0.1) is 0 Å². The van der Waals surface area contributed by atoms with Crippen LogP contribution in [0.25, 0.3) is 0 Å². The van der Waals surface area contributed by atoms with E-state index in [1.54, 1.807) is 0 Å². The average molecular weight is 192 g/mol. The van der Waals surface area contributed by atoms with Gasteiger partial charge in [0.2, 0.25) is 0 Å².